The lowest BCUT2D eigenvalue weighted by atomic mass is 9.87. The third-order valence-electron chi connectivity index (χ3n) is 7.73. The van der Waals surface area contributed by atoms with Gasteiger partial charge >= 0.3 is 18.3 Å². The number of rotatable bonds is 5. The molecule has 4 nitrogen and oxygen atoms in total. The molecule has 1 unspecified atom stereocenters. The lowest BCUT2D eigenvalue weighted by Gasteiger charge is -2.40. The summed E-state index contributed by atoms with van der Waals surface area (Å²) in [6, 6.07) is 7.53. The van der Waals surface area contributed by atoms with Gasteiger partial charge in [0.25, 0.3) is 0 Å². The second-order valence-corrected chi connectivity index (χ2v) is 10.2. The average Bonchev–Trinajstić information content (AvgIpc) is 3.48. The quantitative estimate of drug-likeness (QED) is 0.491. The standard InChI is InChI=1S/C25H25F6NO3/c26-24(27,28)16-3-5-17(6-4-16)35-20-8-2-15-9-14(1-7-18(15)21(20)25(29,30)31)11-32-12-23(13-32)10-19(23)22(33)34/h1-2,7-9,16-17,19H,3-6,10-13H2,(H,33,34). The molecule has 5 rings (SSSR count). The van der Waals surface area contributed by atoms with Crippen LogP contribution >= 0.6 is 0 Å². The Balaban J connectivity index is 1.31. The number of aliphatic carboxylic acids is 1. The van der Waals surface area contributed by atoms with Gasteiger partial charge in [-0.05, 0) is 60.6 Å². The SMILES string of the molecule is O=C(O)C1CC12CN(Cc1ccc3c(C(F)(F)F)c(OC4CCC(C(F)(F)F)CC4)ccc3c1)C2. The molecule has 3 fully saturated rings. The van der Waals surface area contributed by atoms with Crippen LogP contribution < -0.4 is 4.74 Å². The highest BCUT2D eigenvalue weighted by atomic mass is 19.4. The van der Waals surface area contributed by atoms with Crippen LogP contribution in [0.4, 0.5) is 26.3 Å². The van der Waals surface area contributed by atoms with Crippen molar-refractivity contribution in [3.63, 3.8) is 0 Å². The first-order valence-corrected chi connectivity index (χ1v) is 11.7. The fourth-order valence-electron chi connectivity index (χ4n) is 5.80. The van der Waals surface area contributed by atoms with Crippen molar-refractivity contribution in [3.05, 3.63) is 41.5 Å². The van der Waals surface area contributed by atoms with Gasteiger partial charge in [0.15, 0.2) is 0 Å². The maximum absolute atomic E-state index is 14.0. The lowest BCUT2D eigenvalue weighted by Crippen LogP contribution is -2.49. The Labute approximate surface area is 197 Å². The van der Waals surface area contributed by atoms with Crippen molar-refractivity contribution in [2.45, 2.75) is 57.1 Å². The van der Waals surface area contributed by atoms with Crippen LogP contribution in [-0.2, 0) is 17.5 Å². The molecular formula is C25H25F6NO3. The number of likely N-dealkylation sites (tertiary alicyclic amines) is 1. The van der Waals surface area contributed by atoms with E-state index < -0.39 is 35.9 Å². The molecule has 3 aliphatic rings. The molecule has 1 spiro atoms. The molecule has 0 aromatic heterocycles. The summed E-state index contributed by atoms with van der Waals surface area (Å²) < 4.78 is 86.4. The Bertz CT molecular complexity index is 1130. The number of carboxylic acid groups (broad SMARTS) is 1. The number of fused-ring (bicyclic) bond motifs is 1. The van der Waals surface area contributed by atoms with Gasteiger partial charge in [0.2, 0.25) is 0 Å². The van der Waals surface area contributed by atoms with Crippen molar-refractivity contribution >= 4 is 16.7 Å². The highest BCUT2D eigenvalue weighted by Crippen LogP contribution is 2.59. The molecule has 0 radical (unpaired) electrons. The molecule has 1 saturated heterocycles. The topological polar surface area (TPSA) is 49.8 Å². The largest absolute Gasteiger partial charge is 0.490 e. The van der Waals surface area contributed by atoms with Crippen LogP contribution in [0.2, 0.25) is 0 Å². The van der Waals surface area contributed by atoms with Crippen molar-refractivity contribution in [1.82, 2.24) is 4.90 Å². The first-order valence-electron chi connectivity index (χ1n) is 11.7. The predicted octanol–water partition coefficient (Wildman–Crippen LogP) is 6.27. The van der Waals surface area contributed by atoms with Crippen LogP contribution in [0.15, 0.2) is 30.3 Å². The smallest absolute Gasteiger partial charge is 0.420 e. The predicted molar refractivity (Wildman–Crippen MR) is 115 cm³/mol. The number of hydrogen-bond acceptors (Lipinski definition) is 3. The summed E-state index contributed by atoms with van der Waals surface area (Å²) in [7, 11) is 0. The van der Waals surface area contributed by atoms with E-state index in [0.717, 1.165) is 5.56 Å². The minimum Gasteiger partial charge on any atom is -0.490 e. The van der Waals surface area contributed by atoms with Crippen LogP contribution in [0.5, 0.6) is 5.75 Å². The number of alkyl halides is 6. The summed E-state index contributed by atoms with van der Waals surface area (Å²) in [4.78, 5) is 13.2. The van der Waals surface area contributed by atoms with Crippen LogP contribution in [0.1, 0.15) is 43.2 Å². The van der Waals surface area contributed by atoms with Gasteiger partial charge in [-0.3, -0.25) is 9.69 Å². The second kappa shape index (κ2) is 8.28. The number of hydrogen-bond donors (Lipinski definition) is 1. The van der Waals surface area contributed by atoms with Crippen LogP contribution in [-0.4, -0.2) is 41.3 Å². The number of carbonyl (C=O) groups is 1. The molecule has 190 valence electrons. The fourth-order valence-corrected chi connectivity index (χ4v) is 5.80. The molecule has 2 aromatic rings. The van der Waals surface area contributed by atoms with E-state index >= 15 is 0 Å². The Kier molecular flexibility index (Phi) is 5.73. The van der Waals surface area contributed by atoms with E-state index in [1.165, 1.54) is 12.1 Å². The summed E-state index contributed by atoms with van der Waals surface area (Å²) in [6.07, 6.45) is -9.21. The Morgan fingerprint density at radius 3 is 2.29 bits per heavy atom. The minimum atomic E-state index is -4.69. The van der Waals surface area contributed by atoms with Crippen molar-refractivity contribution in [3.8, 4) is 5.75 Å². The van der Waals surface area contributed by atoms with Gasteiger partial charge < -0.3 is 9.84 Å². The van der Waals surface area contributed by atoms with E-state index in [2.05, 4.69) is 4.90 Å². The third-order valence-corrected chi connectivity index (χ3v) is 7.73. The van der Waals surface area contributed by atoms with Crippen molar-refractivity contribution < 1.29 is 41.0 Å². The fraction of sp³-hybridized carbons (Fsp3) is 0.560. The molecular weight excluding hydrogens is 476 g/mol. The molecule has 0 amide bonds. The van der Waals surface area contributed by atoms with E-state index in [9.17, 15) is 31.1 Å². The van der Waals surface area contributed by atoms with E-state index in [0.29, 0.717) is 31.4 Å². The molecule has 1 atom stereocenters. The van der Waals surface area contributed by atoms with Gasteiger partial charge in [0.05, 0.1) is 17.9 Å². The van der Waals surface area contributed by atoms with E-state index in [1.54, 1.807) is 18.2 Å². The Morgan fingerprint density at radius 1 is 1.03 bits per heavy atom. The summed E-state index contributed by atoms with van der Waals surface area (Å²) in [5.74, 6) is -2.87. The Morgan fingerprint density at radius 2 is 1.71 bits per heavy atom. The second-order valence-electron chi connectivity index (χ2n) is 10.2. The zero-order valence-electron chi connectivity index (χ0n) is 18.8. The van der Waals surface area contributed by atoms with Gasteiger partial charge in [-0.1, -0.05) is 18.2 Å². The third kappa shape index (κ3) is 4.69. The molecule has 2 aliphatic carbocycles. The van der Waals surface area contributed by atoms with Gasteiger partial charge in [0, 0.05) is 25.0 Å². The van der Waals surface area contributed by atoms with Crippen LogP contribution in [0.3, 0.4) is 0 Å². The number of halogens is 6. The maximum Gasteiger partial charge on any atom is 0.420 e. The minimum absolute atomic E-state index is 0.0176. The molecule has 10 heteroatoms. The average molecular weight is 501 g/mol. The van der Waals surface area contributed by atoms with Crippen molar-refractivity contribution in [2.75, 3.05) is 13.1 Å². The van der Waals surface area contributed by atoms with E-state index in [-0.39, 0.29) is 48.2 Å². The number of ether oxygens (including phenoxy) is 1. The summed E-state index contributed by atoms with van der Waals surface area (Å²) in [5, 5.41) is 9.52. The van der Waals surface area contributed by atoms with E-state index in [1.807, 2.05) is 0 Å². The van der Waals surface area contributed by atoms with Gasteiger partial charge in [-0.15, -0.1) is 0 Å². The van der Waals surface area contributed by atoms with Crippen LogP contribution in [0, 0.1) is 17.3 Å². The summed E-state index contributed by atoms with van der Waals surface area (Å²) in [5.41, 5.74) is -0.228. The number of nitrogens with zero attached hydrogens (tertiary/aromatic N) is 1. The van der Waals surface area contributed by atoms with Gasteiger partial charge in [0.1, 0.15) is 11.3 Å². The van der Waals surface area contributed by atoms with Gasteiger partial charge in [-0.25, -0.2) is 0 Å². The normalized spacial score (nSPS) is 26.5. The number of carboxylic acids is 1. The number of benzene rings is 2. The lowest BCUT2D eigenvalue weighted by molar-refractivity contribution is -0.185. The zero-order valence-corrected chi connectivity index (χ0v) is 18.8. The highest BCUT2D eigenvalue weighted by molar-refractivity contribution is 5.89. The summed E-state index contributed by atoms with van der Waals surface area (Å²) >= 11 is 0. The molecule has 1 heterocycles. The van der Waals surface area contributed by atoms with Crippen molar-refractivity contribution in [2.24, 2.45) is 17.3 Å². The first-order chi connectivity index (χ1) is 16.4. The van der Waals surface area contributed by atoms with Crippen LogP contribution in [0.25, 0.3) is 10.8 Å². The maximum atomic E-state index is 14.0. The molecule has 1 N–H and O–H groups in total. The highest BCUT2D eigenvalue weighted by Gasteiger charge is 2.64. The summed E-state index contributed by atoms with van der Waals surface area (Å²) in [6.45, 7) is 1.85. The Hall–Kier alpha value is -2.49. The molecule has 0 bridgehead atoms. The molecule has 35 heavy (non-hydrogen) atoms. The van der Waals surface area contributed by atoms with E-state index in [4.69, 9.17) is 9.84 Å². The monoisotopic (exact) mass is 501 g/mol. The van der Waals surface area contributed by atoms with Gasteiger partial charge in [-0.2, -0.15) is 26.3 Å². The zero-order chi connectivity index (χ0) is 25.2. The molecule has 2 aromatic carbocycles. The first kappa shape index (κ1) is 24.2. The van der Waals surface area contributed by atoms with Crippen molar-refractivity contribution in [1.29, 1.82) is 0 Å². The molecule has 1 aliphatic heterocycles. The molecule has 2 saturated carbocycles.